The molecule has 2 heteroatoms. The van der Waals surface area contributed by atoms with Gasteiger partial charge in [-0.3, -0.25) is 4.79 Å². The summed E-state index contributed by atoms with van der Waals surface area (Å²) in [6.45, 7) is 6.07. The monoisotopic (exact) mass is 217 g/mol. The van der Waals surface area contributed by atoms with Crippen LogP contribution in [0.5, 0.6) is 0 Å². The van der Waals surface area contributed by atoms with Crippen LogP contribution in [-0.4, -0.2) is 24.8 Å². The molecule has 0 saturated heterocycles. The lowest BCUT2D eigenvalue weighted by molar-refractivity contribution is 0.104. The van der Waals surface area contributed by atoms with Crippen LogP contribution in [0.2, 0.25) is 0 Å². The van der Waals surface area contributed by atoms with Crippen molar-refractivity contribution < 1.29 is 4.79 Å². The van der Waals surface area contributed by atoms with E-state index in [1.807, 2.05) is 38.9 Å². The van der Waals surface area contributed by atoms with Gasteiger partial charge in [-0.1, -0.05) is 6.07 Å². The largest absolute Gasteiger partial charge is 0.383 e. The van der Waals surface area contributed by atoms with Crippen molar-refractivity contribution >= 4 is 5.78 Å². The third-order valence-corrected chi connectivity index (χ3v) is 2.63. The standard InChI is InChI=1S/C14H19NO/c1-10-8-12(3)13(9-11(10)2)14(16)6-7-15(4)5/h6-9H,1-5H3/b7-6+. The average molecular weight is 217 g/mol. The Bertz CT molecular complexity index is 431. The minimum Gasteiger partial charge on any atom is -0.383 e. The number of aryl methyl sites for hydroxylation is 3. The zero-order chi connectivity index (χ0) is 12.3. The van der Waals surface area contributed by atoms with Crippen LogP contribution < -0.4 is 0 Å². The van der Waals surface area contributed by atoms with Gasteiger partial charge in [-0.05, 0) is 43.5 Å². The topological polar surface area (TPSA) is 20.3 Å². The van der Waals surface area contributed by atoms with Gasteiger partial charge in [-0.25, -0.2) is 0 Å². The molecule has 86 valence electrons. The molecule has 0 bridgehead atoms. The number of carbonyl (C=O) groups is 1. The Balaban J connectivity index is 3.05. The second-order valence-electron chi connectivity index (χ2n) is 4.39. The number of rotatable bonds is 3. The van der Waals surface area contributed by atoms with Gasteiger partial charge in [-0.15, -0.1) is 0 Å². The van der Waals surface area contributed by atoms with E-state index in [0.717, 1.165) is 16.7 Å². The van der Waals surface area contributed by atoms with E-state index in [0.29, 0.717) is 0 Å². The van der Waals surface area contributed by atoms with E-state index in [2.05, 4.69) is 13.0 Å². The number of benzene rings is 1. The van der Waals surface area contributed by atoms with Crippen LogP contribution in [0, 0.1) is 20.8 Å². The molecule has 1 rings (SSSR count). The SMILES string of the molecule is Cc1cc(C)c(C(=O)/C=C/N(C)C)cc1C. The van der Waals surface area contributed by atoms with Crippen molar-refractivity contribution in [1.29, 1.82) is 0 Å². The van der Waals surface area contributed by atoms with Crippen molar-refractivity contribution in [3.8, 4) is 0 Å². The zero-order valence-corrected chi connectivity index (χ0v) is 10.7. The van der Waals surface area contributed by atoms with E-state index in [-0.39, 0.29) is 5.78 Å². The van der Waals surface area contributed by atoms with Crippen LogP contribution >= 0.6 is 0 Å². The van der Waals surface area contributed by atoms with Gasteiger partial charge < -0.3 is 4.90 Å². The van der Waals surface area contributed by atoms with Crippen molar-refractivity contribution in [2.24, 2.45) is 0 Å². The molecule has 0 saturated carbocycles. The highest BCUT2D eigenvalue weighted by atomic mass is 16.1. The number of allylic oxidation sites excluding steroid dienone is 1. The van der Waals surface area contributed by atoms with Gasteiger partial charge in [0, 0.05) is 31.9 Å². The Labute approximate surface area is 97.6 Å². The molecule has 0 aliphatic carbocycles. The molecule has 2 nitrogen and oxygen atoms in total. The predicted molar refractivity (Wildman–Crippen MR) is 67.8 cm³/mol. The summed E-state index contributed by atoms with van der Waals surface area (Å²) in [5, 5.41) is 0. The highest BCUT2D eigenvalue weighted by molar-refractivity contribution is 6.05. The lowest BCUT2D eigenvalue weighted by Crippen LogP contribution is -2.04. The van der Waals surface area contributed by atoms with Crippen LogP contribution in [0.15, 0.2) is 24.4 Å². The molecule has 0 aliphatic heterocycles. The number of hydrogen-bond donors (Lipinski definition) is 0. The fourth-order valence-electron chi connectivity index (χ4n) is 1.53. The maximum absolute atomic E-state index is 11.9. The van der Waals surface area contributed by atoms with E-state index in [9.17, 15) is 4.79 Å². The molecule has 16 heavy (non-hydrogen) atoms. The van der Waals surface area contributed by atoms with Crippen molar-refractivity contribution in [2.45, 2.75) is 20.8 Å². The minimum atomic E-state index is 0.0642. The van der Waals surface area contributed by atoms with Crippen LogP contribution in [0.4, 0.5) is 0 Å². The van der Waals surface area contributed by atoms with Crippen LogP contribution in [0.3, 0.4) is 0 Å². The van der Waals surface area contributed by atoms with Crippen LogP contribution in [0.25, 0.3) is 0 Å². The number of carbonyl (C=O) groups excluding carboxylic acids is 1. The zero-order valence-electron chi connectivity index (χ0n) is 10.7. The second-order valence-corrected chi connectivity index (χ2v) is 4.39. The first-order valence-corrected chi connectivity index (χ1v) is 5.38. The van der Waals surface area contributed by atoms with Gasteiger partial charge in [0.05, 0.1) is 0 Å². The summed E-state index contributed by atoms with van der Waals surface area (Å²) >= 11 is 0. The summed E-state index contributed by atoms with van der Waals surface area (Å²) < 4.78 is 0. The Morgan fingerprint density at radius 1 is 1.06 bits per heavy atom. The quantitative estimate of drug-likeness (QED) is 0.573. The number of hydrogen-bond acceptors (Lipinski definition) is 2. The Kier molecular flexibility index (Phi) is 3.88. The summed E-state index contributed by atoms with van der Waals surface area (Å²) in [7, 11) is 3.80. The third kappa shape index (κ3) is 2.96. The molecule has 0 heterocycles. The van der Waals surface area contributed by atoms with E-state index < -0.39 is 0 Å². The molecule has 0 fully saturated rings. The first-order valence-electron chi connectivity index (χ1n) is 5.38. The van der Waals surface area contributed by atoms with Crippen LogP contribution in [-0.2, 0) is 0 Å². The van der Waals surface area contributed by atoms with Crippen molar-refractivity contribution in [2.75, 3.05) is 14.1 Å². The predicted octanol–water partition coefficient (Wildman–Crippen LogP) is 2.87. The first kappa shape index (κ1) is 12.5. The van der Waals surface area contributed by atoms with Gasteiger partial charge in [0.25, 0.3) is 0 Å². The molecule has 0 spiro atoms. The summed E-state index contributed by atoms with van der Waals surface area (Å²) in [5.41, 5.74) is 4.22. The Hall–Kier alpha value is -1.57. The molecule has 0 atom stereocenters. The molecule has 0 aliphatic rings. The van der Waals surface area contributed by atoms with Crippen molar-refractivity contribution in [3.05, 3.63) is 46.7 Å². The van der Waals surface area contributed by atoms with E-state index in [4.69, 9.17) is 0 Å². The van der Waals surface area contributed by atoms with Gasteiger partial charge in [0.2, 0.25) is 0 Å². The molecule has 0 aromatic heterocycles. The molecular weight excluding hydrogens is 198 g/mol. The third-order valence-electron chi connectivity index (χ3n) is 2.63. The molecule has 0 amide bonds. The lowest BCUT2D eigenvalue weighted by atomic mass is 9.98. The smallest absolute Gasteiger partial charge is 0.187 e. The lowest BCUT2D eigenvalue weighted by Gasteiger charge is -2.08. The summed E-state index contributed by atoms with van der Waals surface area (Å²) in [5.74, 6) is 0.0642. The van der Waals surface area contributed by atoms with Gasteiger partial charge >= 0.3 is 0 Å². The highest BCUT2D eigenvalue weighted by Gasteiger charge is 2.07. The van der Waals surface area contributed by atoms with Gasteiger partial charge in [0.15, 0.2) is 5.78 Å². The fraction of sp³-hybridized carbons (Fsp3) is 0.357. The molecule has 0 radical (unpaired) electrons. The van der Waals surface area contributed by atoms with Gasteiger partial charge in [-0.2, -0.15) is 0 Å². The van der Waals surface area contributed by atoms with Crippen molar-refractivity contribution in [3.63, 3.8) is 0 Å². The average Bonchev–Trinajstić information content (AvgIpc) is 2.20. The summed E-state index contributed by atoms with van der Waals surface area (Å²) in [6.07, 6.45) is 3.38. The molecule has 0 unspecified atom stereocenters. The van der Waals surface area contributed by atoms with E-state index in [1.54, 1.807) is 12.3 Å². The first-order chi connectivity index (χ1) is 7.41. The Morgan fingerprint density at radius 3 is 2.19 bits per heavy atom. The maximum Gasteiger partial charge on any atom is 0.187 e. The second kappa shape index (κ2) is 4.97. The highest BCUT2D eigenvalue weighted by Crippen LogP contribution is 2.16. The van der Waals surface area contributed by atoms with Crippen molar-refractivity contribution in [1.82, 2.24) is 4.90 Å². The molecule has 1 aromatic carbocycles. The fourth-order valence-corrected chi connectivity index (χ4v) is 1.53. The number of ketones is 1. The van der Waals surface area contributed by atoms with Crippen LogP contribution in [0.1, 0.15) is 27.0 Å². The molecule has 0 N–H and O–H groups in total. The Morgan fingerprint density at radius 2 is 1.62 bits per heavy atom. The van der Waals surface area contributed by atoms with Gasteiger partial charge in [0.1, 0.15) is 0 Å². The normalized spacial score (nSPS) is 10.8. The van der Waals surface area contributed by atoms with E-state index >= 15 is 0 Å². The minimum absolute atomic E-state index is 0.0642. The number of nitrogens with zero attached hydrogens (tertiary/aromatic N) is 1. The summed E-state index contributed by atoms with van der Waals surface area (Å²) in [6, 6.07) is 4.03. The molecular formula is C14H19NO. The molecule has 1 aromatic rings. The van der Waals surface area contributed by atoms with E-state index in [1.165, 1.54) is 5.56 Å². The maximum atomic E-state index is 11.9. The summed E-state index contributed by atoms with van der Waals surface area (Å²) in [4.78, 5) is 13.8.